The van der Waals surface area contributed by atoms with Crippen LogP contribution in [0, 0.1) is 5.92 Å². The molecular formula is C12H15N3O3S. The summed E-state index contributed by atoms with van der Waals surface area (Å²) in [7, 11) is 0. The van der Waals surface area contributed by atoms with Gasteiger partial charge in [0.15, 0.2) is 0 Å². The summed E-state index contributed by atoms with van der Waals surface area (Å²) in [4.78, 5) is 35.5. The molecule has 4 amide bonds. The van der Waals surface area contributed by atoms with Crippen LogP contribution in [0.3, 0.4) is 0 Å². The standard InChI is InChI=1S/C12H15N3O3S/c1-7-9(11(17)15-12(18)14-7)5-10(16)13-6-8-3-2-4-19-8/h2-4,7,9H,5-6H2,1H3,(H,13,16)(H2,14,15,17,18). The van der Waals surface area contributed by atoms with Crippen LogP contribution in [0.25, 0.3) is 0 Å². The summed E-state index contributed by atoms with van der Waals surface area (Å²) in [6, 6.07) is 3.00. The van der Waals surface area contributed by atoms with E-state index in [0.29, 0.717) is 6.54 Å². The molecule has 2 unspecified atom stereocenters. The van der Waals surface area contributed by atoms with Crippen molar-refractivity contribution in [3.63, 3.8) is 0 Å². The first kappa shape index (κ1) is 13.5. The zero-order chi connectivity index (χ0) is 13.8. The number of carbonyl (C=O) groups is 3. The summed E-state index contributed by atoms with van der Waals surface area (Å²) >= 11 is 1.56. The average molecular weight is 281 g/mol. The van der Waals surface area contributed by atoms with E-state index in [1.165, 1.54) is 0 Å². The molecule has 0 radical (unpaired) electrons. The maximum Gasteiger partial charge on any atom is 0.321 e. The van der Waals surface area contributed by atoms with Crippen molar-refractivity contribution in [2.45, 2.75) is 25.9 Å². The number of rotatable bonds is 4. The molecule has 0 bridgehead atoms. The van der Waals surface area contributed by atoms with E-state index in [4.69, 9.17) is 0 Å². The Bertz CT molecular complexity index is 486. The minimum Gasteiger partial charge on any atom is -0.351 e. The van der Waals surface area contributed by atoms with Gasteiger partial charge >= 0.3 is 6.03 Å². The van der Waals surface area contributed by atoms with Gasteiger partial charge in [-0.05, 0) is 18.4 Å². The maximum atomic E-state index is 11.8. The van der Waals surface area contributed by atoms with Crippen molar-refractivity contribution >= 4 is 29.2 Å². The second-order valence-corrected chi connectivity index (χ2v) is 5.45. The molecule has 7 heteroatoms. The lowest BCUT2D eigenvalue weighted by atomic mass is 9.94. The number of imide groups is 1. The van der Waals surface area contributed by atoms with Crippen LogP contribution in [0.15, 0.2) is 17.5 Å². The highest BCUT2D eigenvalue weighted by Crippen LogP contribution is 2.13. The Hall–Kier alpha value is -1.89. The fourth-order valence-electron chi connectivity index (χ4n) is 1.92. The molecule has 3 N–H and O–H groups in total. The first-order valence-electron chi connectivity index (χ1n) is 5.96. The Balaban J connectivity index is 1.84. The SMILES string of the molecule is CC1NC(=O)NC(=O)C1CC(=O)NCc1cccs1. The highest BCUT2D eigenvalue weighted by molar-refractivity contribution is 7.09. The monoisotopic (exact) mass is 281 g/mol. The van der Waals surface area contributed by atoms with Gasteiger partial charge in [0.05, 0.1) is 12.5 Å². The number of carbonyl (C=O) groups excluding carboxylic acids is 3. The van der Waals surface area contributed by atoms with E-state index in [2.05, 4.69) is 16.0 Å². The van der Waals surface area contributed by atoms with Crippen LogP contribution in [-0.4, -0.2) is 23.9 Å². The second-order valence-electron chi connectivity index (χ2n) is 4.42. The summed E-state index contributed by atoms with van der Waals surface area (Å²) in [5, 5.41) is 9.46. The number of hydrogen-bond donors (Lipinski definition) is 3. The van der Waals surface area contributed by atoms with Crippen molar-refractivity contribution in [3.05, 3.63) is 22.4 Å². The molecule has 1 saturated heterocycles. The van der Waals surface area contributed by atoms with Gasteiger partial charge in [0.1, 0.15) is 0 Å². The number of hydrogen-bond acceptors (Lipinski definition) is 4. The van der Waals surface area contributed by atoms with Crippen molar-refractivity contribution in [2.75, 3.05) is 0 Å². The zero-order valence-electron chi connectivity index (χ0n) is 10.4. The van der Waals surface area contributed by atoms with Crippen LogP contribution < -0.4 is 16.0 Å². The third kappa shape index (κ3) is 3.54. The van der Waals surface area contributed by atoms with Crippen molar-refractivity contribution in [1.29, 1.82) is 0 Å². The van der Waals surface area contributed by atoms with Crippen LogP contribution in [0.2, 0.25) is 0 Å². The van der Waals surface area contributed by atoms with Crippen LogP contribution in [0.5, 0.6) is 0 Å². The van der Waals surface area contributed by atoms with Gasteiger partial charge in [-0.15, -0.1) is 11.3 Å². The molecule has 6 nitrogen and oxygen atoms in total. The van der Waals surface area contributed by atoms with Gasteiger partial charge < -0.3 is 10.6 Å². The third-order valence-electron chi connectivity index (χ3n) is 2.98. The van der Waals surface area contributed by atoms with Crippen LogP contribution >= 0.6 is 11.3 Å². The van der Waals surface area contributed by atoms with E-state index >= 15 is 0 Å². The molecule has 0 aliphatic carbocycles. The summed E-state index contributed by atoms with van der Waals surface area (Å²) in [5.41, 5.74) is 0. The highest BCUT2D eigenvalue weighted by Gasteiger charge is 2.33. The van der Waals surface area contributed by atoms with E-state index in [1.807, 2.05) is 17.5 Å². The quantitative estimate of drug-likeness (QED) is 0.755. The molecule has 1 fully saturated rings. The molecule has 2 rings (SSSR count). The van der Waals surface area contributed by atoms with Crippen LogP contribution in [-0.2, 0) is 16.1 Å². The second kappa shape index (κ2) is 5.83. The molecule has 0 spiro atoms. The predicted molar refractivity (Wildman–Crippen MR) is 70.4 cm³/mol. The van der Waals surface area contributed by atoms with Gasteiger partial charge in [-0.25, -0.2) is 4.79 Å². The van der Waals surface area contributed by atoms with Crippen molar-refractivity contribution < 1.29 is 14.4 Å². The molecule has 1 aliphatic rings. The Kier molecular flexibility index (Phi) is 4.16. The first-order valence-corrected chi connectivity index (χ1v) is 6.84. The van der Waals surface area contributed by atoms with E-state index < -0.39 is 17.9 Å². The van der Waals surface area contributed by atoms with Crippen LogP contribution in [0.1, 0.15) is 18.2 Å². The van der Waals surface area contributed by atoms with Crippen molar-refractivity contribution in [1.82, 2.24) is 16.0 Å². The number of nitrogens with one attached hydrogen (secondary N) is 3. The van der Waals surface area contributed by atoms with E-state index in [1.54, 1.807) is 18.3 Å². The summed E-state index contributed by atoms with van der Waals surface area (Å²) in [5.74, 6) is -1.12. The lowest BCUT2D eigenvalue weighted by molar-refractivity contribution is -0.131. The van der Waals surface area contributed by atoms with Gasteiger partial charge in [-0.1, -0.05) is 6.07 Å². The number of urea groups is 1. The van der Waals surface area contributed by atoms with Crippen LogP contribution in [0.4, 0.5) is 4.79 Å². The zero-order valence-corrected chi connectivity index (χ0v) is 11.3. The molecule has 1 aromatic rings. The van der Waals surface area contributed by atoms with Gasteiger partial charge in [0.2, 0.25) is 11.8 Å². The lowest BCUT2D eigenvalue weighted by Crippen LogP contribution is -2.57. The van der Waals surface area contributed by atoms with Gasteiger partial charge in [-0.2, -0.15) is 0 Å². The molecule has 0 aromatic carbocycles. The summed E-state index contributed by atoms with van der Waals surface area (Å²) in [6.07, 6.45) is 0.0681. The van der Waals surface area contributed by atoms with Crippen molar-refractivity contribution in [2.24, 2.45) is 5.92 Å². The van der Waals surface area contributed by atoms with E-state index in [9.17, 15) is 14.4 Å². The third-order valence-corrected chi connectivity index (χ3v) is 3.86. The molecule has 102 valence electrons. The number of thiophene rings is 1. The molecule has 1 aromatic heterocycles. The van der Waals surface area contributed by atoms with E-state index in [-0.39, 0.29) is 18.4 Å². The first-order chi connectivity index (χ1) is 9.06. The Labute approximate surface area is 114 Å². The normalized spacial score (nSPS) is 22.6. The Morgan fingerprint density at radius 2 is 2.26 bits per heavy atom. The summed E-state index contributed by atoms with van der Waals surface area (Å²) < 4.78 is 0. The van der Waals surface area contributed by atoms with Gasteiger partial charge in [0, 0.05) is 17.3 Å². The highest BCUT2D eigenvalue weighted by atomic mass is 32.1. The molecular weight excluding hydrogens is 266 g/mol. The molecule has 2 heterocycles. The van der Waals surface area contributed by atoms with E-state index in [0.717, 1.165) is 4.88 Å². The Morgan fingerprint density at radius 1 is 1.47 bits per heavy atom. The largest absolute Gasteiger partial charge is 0.351 e. The molecule has 2 atom stereocenters. The number of amides is 4. The Morgan fingerprint density at radius 3 is 2.89 bits per heavy atom. The molecule has 0 saturated carbocycles. The smallest absolute Gasteiger partial charge is 0.321 e. The average Bonchev–Trinajstić information content (AvgIpc) is 2.84. The topological polar surface area (TPSA) is 87.3 Å². The minimum absolute atomic E-state index is 0.0681. The summed E-state index contributed by atoms with van der Waals surface area (Å²) in [6.45, 7) is 2.18. The van der Waals surface area contributed by atoms with Gasteiger partial charge in [0.25, 0.3) is 0 Å². The lowest BCUT2D eigenvalue weighted by Gasteiger charge is -2.28. The maximum absolute atomic E-state index is 11.8. The fraction of sp³-hybridized carbons (Fsp3) is 0.417. The molecule has 1 aliphatic heterocycles. The fourth-order valence-corrected chi connectivity index (χ4v) is 2.56. The molecule has 19 heavy (non-hydrogen) atoms. The van der Waals surface area contributed by atoms with Crippen molar-refractivity contribution in [3.8, 4) is 0 Å². The van der Waals surface area contributed by atoms with Gasteiger partial charge in [-0.3, -0.25) is 14.9 Å². The minimum atomic E-state index is -0.527. The predicted octanol–water partition coefficient (Wildman–Crippen LogP) is 0.599.